The molecular formula is C18H19NO3. The monoisotopic (exact) mass is 297 g/mol. The normalized spacial score (nSPS) is 15.8. The van der Waals surface area contributed by atoms with Crippen LogP contribution in [-0.4, -0.2) is 12.8 Å². The van der Waals surface area contributed by atoms with Gasteiger partial charge in [-0.1, -0.05) is 30.3 Å². The van der Waals surface area contributed by atoms with Gasteiger partial charge in [-0.3, -0.25) is 0 Å². The Labute approximate surface area is 130 Å². The van der Waals surface area contributed by atoms with Gasteiger partial charge in [0.25, 0.3) is 0 Å². The molecule has 4 nitrogen and oxygen atoms in total. The molecule has 0 bridgehead atoms. The number of fused-ring (bicyclic) bond motifs is 1. The molecule has 114 valence electrons. The number of ether oxygens (including phenoxy) is 3. The summed E-state index contributed by atoms with van der Waals surface area (Å²) in [4.78, 5) is 0. The molecule has 1 fully saturated rings. The summed E-state index contributed by atoms with van der Waals surface area (Å²) in [7, 11) is 0. The van der Waals surface area contributed by atoms with E-state index in [4.69, 9.17) is 14.2 Å². The van der Waals surface area contributed by atoms with Crippen LogP contribution in [0.1, 0.15) is 24.0 Å². The molecule has 0 amide bonds. The van der Waals surface area contributed by atoms with E-state index in [1.165, 1.54) is 12.8 Å². The Morgan fingerprint density at radius 1 is 1.05 bits per heavy atom. The largest absolute Gasteiger partial charge is 0.488 e. The van der Waals surface area contributed by atoms with Crippen LogP contribution in [0.25, 0.3) is 0 Å². The number of hydrogen-bond acceptors (Lipinski definition) is 4. The fourth-order valence-electron chi connectivity index (χ4n) is 2.52. The molecule has 4 rings (SSSR count). The molecule has 22 heavy (non-hydrogen) atoms. The van der Waals surface area contributed by atoms with Crippen LogP contribution in [0.5, 0.6) is 17.2 Å². The Kier molecular flexibility index (Phi) is 3.60. The minimum absolute atomic E-state index is 0.285. The fraction of sp³-hybridized carbons (Fsp3) is 0.333. The molecule has 2 aliphatic rings. The second kappa shape index (κ2) is 5.89. The smallest absolute Gasteiger partial charge is 0.231 e. The molecule has 4 heteroatoms. The van der Waals surface area contributed by atoms with Crippen molar-refractivity contribution >= 4 is 0 Å². The second-order valence-electron chi connectivity index (χ2n) is 5.74. The molecule has 1 aliphatic carbocycles. The van der Waals surface area contributed by atoms with Crippen molar-refractivity contribution in [2.45, 2.75) is 32.0 Å². The molecule has 0 unspecified atom stereocenters. The van der Waals surface area contributed by atoms with E-state index in [2.05, 4.69) is 17.4 Å². The molecule has 2 aromatic rings. The molecule has 0 saturated heterocycles. The highest BCUT2D eigenvalue weighted by atomic mass is 16.7. The van der Waals surface area contributed by atoms with Gasteiger partial charge in [-0.15, -0.1) is 0 Å². The third kappa shape index (κ3) is 3.02. The van der Waals surface area contributed by atoms with Crippen molar-refractivity contribution in [3.8, 4) is 17.2 Å². The van der Waals surface area contributed by atoms with Crippen LogP contribution >= 0.6 is 0 Å². The van der Waals surface area contributed by atoms with Crippen LogP contribution in [0.4, 0.5) is 0 Å². The standard InChI is InChI=1S/C18H19NO3/c1-2-4-13(5-3-1)11-20-16-9-18-17(21-12-22-18)8-14(16)10-19-15-6-7-15/h1-5,8-9,15,19H,6-7,10-12H2. The minimum atomic E-state index is 0.285. The number of benzene rings is 2. The van der Waals surface area contributed by atoms with Gasteiger partial charge in [-0.05, 0) is 24.5 Å². The lowest BCUT2D eigenvalue weighted by Crippen LogP contribution is -2.16. The van der Waals surface area contributed by atoms with Gasteiger partial charge in [-0.2, -0.15) is 0 Å². The number of hydrogen-bond donors (Lipinski definition) is 1. The first-order valence-corrected chi connectivity index (χ1v) is 7.71. The van der Waals surface area contributed by atoms with E-state index in [9.17, 15) is 0 Å². The average Bonchev–Trinajstić information content (AvgIpc) is 3.28. The maximum absolute atomic E-state index is 6.03. The van der Waals surface area contributed by atoms with Crippen molar-refractivity contribution < 1.29 is 14.2 Å². The lowest BCUT2D eigenvalue weighted by molar-refractivity contribution is 0.173. The fourth-order valence-corrected chi connectivity index (χ4v) is 2.52. The summed E-state index contributed by atoms with van der Waals surface area (Å²) in [5.74, 6) is 2.43. The highest BCUT2D eigenvalue weighted by Gasteiger charge is 2.22. The Morgan fingerprint density at radius 3 is 2.59 bits per heavy atom. The maximum atomic E-state index is 6.03. The van der Waals surface area contributed by atoms with Crippen LogP contribution in [0.2, 0.25) is 0 Å². The van der Waals surface area contributed by atoms with E-state index in [-0.39, 0.29) is 6.79 Å². The first kappa shape index (κ1) is 13.5. The maximum Gasteiger partial charge on any atom is 0.231 e. The van der Waals surface area contributed by atoms with Gasteiger partial charge in [0.15, 0.2) is 11.5 Å². The van der Waals surface area contributed by atoms with Crippen molar-refractivity contribution in [3.63, 3.8) is 0 Å². The van der Waals surface area contributed by atoms with Crippen molar-refractivity contribution in [2.24, 2.45) is 0 Å². The summed E-state index contributed by atoms with van der Waals surface area (Å²) in [5, 5.41) is 3.53. The molecule has 0 spiro atoms. The summed E-state index contributed by atoms with van der Waals surface area (Å²) < 4.78 is 17.0. The summed E-state index contributed by atoms with van der Waals surface area (Å²) in [6, 6.07) is 14.8. The Bertz CT molecular complexity index is 653. The van der Waals surface area contributed by atoms with Crippen molar-refractivity contribution in [3.05, 3.63) is 53.6 Å². The van der Waals surface area contributed by atoms with Crippen molar-refractivity contribution in [2.75, 3.05) is 6.79 Å². The van der Waals surface area contributed by atoms with E-state index in [0.29, 0.717) is 12.6 Å². The van der Waals surface area contributed by atoms with E-state index in [1.54, 1.807) is 0 Å². The molecule has 0 aromatic heterocycles. The highest BCUT2D eigenvalue weighted by Crippen LogP contribution is 2.38. The average molecular weight is 297 g/mol. The number of nitrogens with one attached hydrogen (secondary N) is 1. The minimum Gasteiger partial charge on any atom is -0.488 e. The predicted molar refractivity (Wildman–Crippen MR) is 83.2 cm³/mol. The lowest BCUT2D eigenvalue weighted by atomic mass is 10.1. The summed E-state index contributed by atoms with van der Waals surface area (Å²) in [6.45, 7) is 1.63. The second-order valence-corrected chi connectivity index (χ2v) is 5.74. The molecule has 1 saturated carbocycles. The van der Waals surface area contributed by atoms with Crippen LogP contribution in [0.3, 0.4) is 0 Å². The summed E-state index contributed by atoms with van der Waals surface area (Å²) in [6.07, 6.45) is 2.54. The molecule has 1 heterocycles. The van der Waals surface area contributed by atoms with Crippen LogP contribution in [0.15, 0.2) is 42.5 Å². The molecule has 0 radical (unpaired) electrons. The van der Waals surface area contributed by atoms with Crippen LogP contribution in [0, 0.1) is 0 Å². The topological polar surface area (TPSA) is 39.7 Å². The predicted octanol–water partition coefficient (Wildman–Crippen LogP) is 3.25. The zero-order valence-electron chi connectivity index (χ0n) is 12.4. The third-order valence-electron chi connectivity index (χ3n) is 3.95. The quantitative estimate of drug-likeness (QED) is 0.888. The number of rotatable bonds is 6. The van der Waals surface area contributed by atoms with Gasteiger partial charge < -0.3 is 19.5 Å². The Hall–Kier alpha value is -2.20. The molecule has 1 N–H and O–H groups in total. The lowest BCUT2D eigenvalue weighted by Gasteiger charge is -2.13. The molecular weight excluding hydrogens is 278 g/mol. The Balaban J connectivity index is 1.52. The van der Waals surface area contributed by atoms with Crippen molar-refractivity contribution in [1.82, 2.24) is 5.32 Å². The zero-order valence-corrected chi connectivity index (χ0v) is 12.4. The van der Waals surface area contributed by atoms with E-state index < -0.39 is 0 Å². The van der Waals surface area contributed by atoms with Crippen molar-refractivity contribution in [1.29, 1.82) is 0 Å². The highest BCUT2D eigenvalue weighted by molar-refractivity contribution is 5.52. The first-order chi connectivity index (χ1) is 10.9. The van der Waals surface area contributed by atoms with Gasteiger partial charge in [0.1, 0.15) is 12.4 Å². The SMILES string of the molecule is c1ccc(COc2cc3c(cc2CNC2CC2)OCO3)cc1. The summed E-state index contributed by atoms with van der Waals surface area (Å²) >= 11 is 0. The van der Waals surface area contributed by atoms with Gasteiger partial charge >= 0.3 is 0 Å². The Morgan fingerprint density at radius 2 is 1.82 bits per heavy atom. The van der Waals surface area contributed by atoms with E-state index >= 15 is 0 Å². The zero-order chi connectivity index (χ0) is 14.8. The van der Waals surface area contributed by atoms with E-state index in [1.807, 2.05) is 30.3 Å². The van der Waals surface area contributed by atoms with Gasteiger partial charge in [-0.25, -0.2) is 0 Å². The molecule has 1 aliphatic heterocycles. The van der Waals surface area contributed by atoms with Crippen LogP contribution in [-0.2, 0) is 13.2 Å². The molecule has 0 atom stereocenters. The van der Waals surface area contributed by atoms with Crippen LogP contribution < -0.4 is 19.5 Å². The first-order valence-electron chi connectivity index (χ1n) is 7.71. The summed E-state index contributed by atoms with van der Waals surface area (Å²) in [5.41, 5.74) is 2.27. The third-order valence-corrected chi connectivity index (χ3v) is 3.95. The van der Waals surface area contributed by atoms with Gasteiger partial charge in [0.05, 0.1) is 0 Å². The molecule has 2 aromatic carbocycles. The van der Waals surface area contributed by atoms with Gasteiger partial charge in [0, 0.05) is 24.2 Å². The van der Waals surface area contributed by atoms with E-state index in [0.717, 1.165) is 34.9 Å². The van der Waals surface area contributed by atoms with Gasteiger partial charge in [0.2, 0.25) is 6.79 Å².